The zero-order valence-electron chi connectivity index (χ0n) is 13.2. The Morgan fingerprint density at radius 1 is 1.32 bits per heavy atom. The number of pyridine rings is 1. The molecule has 1 aromatic heterocycles. The molecule has 25 heavy (non-hydrogen) atoms. The van der Waals surface area contributed by atoms with Gasteiger partial charge in [-0.1, -0.05) is 35.3 Å². The van der Waals surface area contributed by atoms with Gasteiger partial charge in [-0.05, 0) is 30.2 Å². The summed E-state index contributed by atoms with van der Waals surface area (Å²) in [4.78, 5) is 28.2. The van der Waals surface area contributed by atoms with Crippen LogP contribution in [0.25, 0.3) is 0 Å². The van der Waals surface area contributed by atoms with Crippen molar-refractivity contribution in [2.75, 3.05) is 6.54 Å². The lowest BCUT2D eigenvalue weighted by atomic mass is 9.81. The van der Waals surface area contributed by atoms with Crippen molar-refractivity contribution in [3.63, 3.8) is 0 Å². The predicted molar refractivity (Wildman–Crippen MR) is 93.8 cm³/mol. The minimum atomic E-state index is -2.25. The molecule has 0 aliphatic heterocycles. The zero-order valence-corrected chi connectivity index (χ0v) is 14.7. The maximum absolute atomic E-state index is 15.3. The smallest absolute Gasteiger partial charge is 0.262 e. The Hall–Kier alpha value is -1.98. The van der Waals surface area contributed by atoms with E-state index in [2.05, 4.69) is 10.3 Å². The molecule has 2 aromatic rings. The van der Waals surface area contributed by atoms with Gasteiger partial charge in [0.05, 0.1) is 0 Å². The first kappa shape index (κ1) is 17.8. The van der Waals surface area contributed by atoms with Gasteiger partial charge in [-0.15, -0.1) is 0 Å². The van der Waals surface area contributed by atoms with Crippen LogP contribution in [0.15, 0.2) is 36.5 Å². The molecule has 1 aliphatic rings. The number of aromatic nitrogens is 1. The van der Waals surface area contributed by atoms with Crippen LogP contribution in [0.4, 0.5) is 4.39 Å². The average Bonchev–Trinajstić information content (AvgIpc) is 2.60. The molecule has 1 heterocycles. The quantitative estimate of drug-likeness (QED) is 0.874. The van der Waals surface area contributed by atoms with Gasteiger partial charge in [0, 0.05) is 41.2 Å². The molecule has 0 spiro atoms. The molecule has 1 amide bonds. The van der Waals surface area contributed by atoms with Crippen molar-refractivity contribution in [3.8, 4) is 0 Å². The highest BCUT2D eigenvalue weighted by Gasteiger charge is 2.46. The van der Waals surface area contributed by atoms with E-state index < -0.39 is 11.6 Å². The van der Waals surface area contributed by atoms with Crippen LogP contribution in [-0.4, -0.2) is 23.2 Å². The topological polar surface area (TPSA) is 59.1 Å². The van der Waals surface area contributed by atoms with Crippen LogP contribution in [0.1, 0.15) is 34.5 Å². The van der Waals surface area contributed by atoms with E-state index in [9.17, 15) is 9.59 Å². The molecular formula is C18H15Cl2FN2O2. The number of fused-ring (bicyclic) bond motifs is 1. The first-order valence-corrected chi connectivity index (χ1v) is 8.57. The largest absolute Gasteiger partial charge is 0.353 e. The van der Waals surface area contributed by atoms with Crippen LogP contribution < -0.4 is 5.32 Å². The number of nitrogens with zero attached hydrogens (tertiary/aromatic N) is 1. The molecule has 0 saturated carbocycles. The second-order valence-electron chi connectivity index (χ2n) is 5.87. The molecule has 1 N–H and O–H groups in total. The second-order valence-corrected chi connectivity index (χ2v) is 6.71. The summed E-state index contributed by atoms with van der Waals surface area (Å²) in [7, 11) is 0. The summed E-state index contributed by atoms with van der Waals surface area (Å²) in [6, 6.07) is 8.05. The Bertz CT molecular complexity index is 844. The molecule has 1 aromatic carbocycles. The van der Waals surface area contributed by atoms with E-state index in [1.54, 1.807) is 18.2 Å². The molecule has 3 rings (SSSR count). The third kappa shape index (κ3) is 3.53. The summed E-state index contributed by atoms with van der Waals surface area (Å²) >= 11 is 11.9. The van der Waals surface area contributed by atoms with Gasteiger partial charge < -0.3 is 5.32 Å². The van der Waals surface area contributed by atoms with Crippen molar-refractivity contribution in [3.05, 3.63) is 63.4 Å². The SMILES string of the molecule is O=C1CC[C@@](F)(C(=O)NCCc2ccc(Cl)cc2Cl)c2cccnc21. The number of rotatable bonds is 4. The van der Waals surface area contributed by atoms with Gasteiger partial charge in [0.1, 0.15) is 5.69 Å². The molecule has 0 bridgehead atoms. The van der Waals surface area contributed by atoms with Crippen molar-refractivity contribution in [2.45, 2.75) is 24.9 Å². The van der Waals surface area contributed by atoms with Crippen molar-refractivity contribution >= 4 is 34.9 Å². The van der Waals surface area contributed by atoms with Gasteiger partial charge in [-0.2, -0.15) is 0 Å². The molecule has 0 saturated heterocycles. The number of halogens is 3. The maximum atomic E-state index is 15.3. The van der Waals surface area contributed by atoms with Crippen LogP contribution in [-0.2, 0) is 16.9 Å². The third-order valence-corrected chi connectivity index (χ3v) is 4.84. The number of hydrogen-bond donors (Lipinski definition) is 1. The Kier molecular flexibility index (Phi) is 5.06. The Morgan fingerprint density at radius 3 is 2.88 bits per heavy atom. The first-order chi connectivity index (χ1) is 11.9. The standard InChI is InChI=1S/C18H15Cl2FN2O2/c19-12-4-3-11(14(20)10-12)6-9-23-17(25)18(21)7-5-15(24)16-13(18)2-1-8-22-16/h1-4,8,10H,5-7,9H2,(H,23,25)/t18-/m0/s1. The summed E-state index contributed by atoms with van der Waals surface area (Å²) in [6.45, 7) is 0.218. The highest BCUT2D eigenvalue weighted by Crippen LogP contribution is 2.38. The van der Waals surface area contributed by atoms with Crippen molar-refractivity contribution < 1.29 is 14.0 Å². The van der Waals surface area contributed by atoms with Crippen LogP contribution in [0, 0.1) is 0 Å². The summed E-state index contributed by atoms with van der Waals surface area (Å²) in [5.74, 6) is -1.01. The lowest BCUT2D eigenvalue weighted by molar-refractivity contribution is -0.134. The molecule has 0 fully saturated rings. The molecule has 1 aliphatic carbocycles. The van der Waals surface area contributed by atoms with E-state index in [1.807, 2.05) is 0 Å². The van der Waals surface area contributed by atoms with Gasteiger partial charge in [-0.3, -0.25) is 14.6 Å². The normalized spacial score (nSPS) is 19.4. The Balaban J connectivity index is 1.71. The van der Waals surface area contributed by atoms with Gasteiger partial charge >= 0.3 is 0 Å². The van der Waals surface area contributed by atoms with E-state index in [-0.39, 0.29) is 36.4 Å². The molecule has 4 nitrogen and oxygen atoms in total. The fourth-order valence-electron chi connectivity index (χ4n) is 2.90. The molecule has 130 valence electrons. The molecule has 1 atom stereocenters. The second kappa shape index (κ2) is 7.10. The number of benzene rings is 1. The van der Waals surface area contributed by atoms with E-state index >= 15 is 4.39 Å². The van der Waals surface area contributed by atoms with Gasteiger partial charge in [0.25, 0.3) is 5.91 Å². The zero-order chi connectivity index (χ0) is 18.0. The third-order valence-electron chi connectivity index (χ3n) is 4.25. The van der Waals surface area contributed by atoms with Crippen molar-refractivity contribution in [1.82, 2.24) is 10.3 Å². The summed E-state index contributed by atoms with van der Waals surface area (Å²) < 4.78 is 15.3. The Morgan fingerprint density at radius 2 is 2.12 bits per heavy atom. The number of Topliss-reactive ketones (excluding diaryl/α,β-unsaturated/α-hetero) is 1. The fourth-order valence-corrected chi connectivity index (χ4v) is 3.40. The lowest BCUT2D eigenvalue weighted by Gasteiger charge is -2.29. The lowest BCUT2D eigenvalue weighted by Crippen LogP contribution is -2.45. The molecule has 7 heteroatoms. The van der Waals surface area contributed by atoms with Gasteiger partial charge in [0.2, 0.25) is 5.67 Å². The van der Waals surface area contributed by atoms with Crippen LogP contribution >= 0.6 is 23.2 Å². The molecule has 0 unspecified atom stereocenters. The van der Waals surface area contributed by atoms with Crippen molar-refractivity contribution in [1.29, 1.82) is 0 Å². The summed E-state index contributed by atoms with van der Waals surface area (Å²) in [5.41, 5.74) is -1.37. The van der Waals surface area contributed by atoms with Crippen LogP contribution in [0.5, 0.6) is 0 Å². The number of amides is 1. The molecular weight excluding hydrogens is 366 g/mol. The van der Waals surface area contributed by atoms with Crippen LogP contribution in [0.3, 0.4) is 0 Å². The minimum Gasteiger partial charge on any atom is -0.353 e. The number of carbonyl (C=O) groups is 2. The Labute approximate surface area is 154 Å². The molecule has 0 radical (unpaired) electrons. The number of alkyl halides is 1. The van der Waals surface area contributed by atoms with Gasteiger partial charge in [0.15, 0.2) is 5.78 Å². The summed E-state index contributed by atoms with van der Waals surface area (Å²) in [5, 5.41) is 3.61. The van der Waals surface area contributed by atoms with E-state index in [4.69, 9.17) is 23.2 Å². The van der Waals surface area contributed by atoms with E-state index in [0.717, 1.165) is 5.56 Å². The minimum absolute atomic E-state index is 0.0344. The maximum Gasteiger partial charge on any atom is 0.262 e. The van der Waals surface area contributed by atoms with E-state index in [0.29, 0.717) is 16.5 Å². The highest BCUT2D eigenvalue weighted by molar-refractivity contribution is 6.35. The van der Waals surface area contributed by atoms with Crippen LogP contribution in [0.2, 0.25) is 10.0 Å². The predicted octanol–water partition coefficient (Wildman–Crippen LogP) is 3.89. The monoisotopic (exact) mass is 380 g/mol. The van der Waals surface area contributed by atoms with Crippen molar-refractivity contribution in [2.24, 2.45) is 0 Å². The number of carbonyl (C=O) groups excluding carboxylic acids is 2. The number of hydrogen-bond acceptors (Lipinski definition) is 3. The number of nitrogens with one attached hydrogen (secondary N) is 1. The summed E-state index contributed by atoms with van der Waals surface area (Å²) in [6.07, 6.45) is 1.63. The first-order valence-electron chi connectivity index (χ1n) is 7.81. The average molecular weight is 381 g/mol. The number of ketones is 1. The van der Waals surface area contributed by atoms with E-state index in [1.165, 1.54) is 18.3 Å². The highest BCUT2D eigenvalue weighted by atomic mass is 35.5. The van der Waals surface area contributed by atoms with Gasteiger partial charge in [-0.25, -0.2) is 4.39 Å². The fraction of sp³-hybridized carbons (Fsp3) is 0.278.